The van der Waals surface area contributed by atoms with Crippen LogP contribution in [-0.4, -0.2) is 16.6 Å². The van der Waals surface area contributed by atoms with Gasteiger partial charge in [-0.2, -0.15) is 0 Å². The van der Waals surface area contributed by atoms with E-state index in [1.165, 1.54) is 0 Å². The van der Waals surface area contributed by atoms with Crippen LogP contribution >= 0.6 is 0 Å². The third kappa shape index (κ3) is 1.77. The quantitative estimate of drug-likeness (QED) is 0.490. The van der Waals surface area contributed by atoms with E-state index in [2.05, 4.69) is 37.6 Å². The molecule has 0 aromatic rings. The van der Waals surface area contributed by atoms with Crippen molar-refractivity contribution in [3.63, 3.8) is 0 Å². The van der Waals surface area contributed by atoms with Crippen LogP contribution in [0.15, 0.2) is 11.4 Å². The van der Waals surface area contributed by atoms with Gasteiger partial charge in [-0.3, -0.25) is 0 Å². The molecule has 0 atom stereocenters. The minimum absolute atomic E-state index is 1.29. The first-order valence-corrected chi connectivity index (χ1v) is 9.29. The second-order valence-corrected chi connectivity index (χ2v) is 11.5. The maximum Gasteiger partial charge on any atom is 0.198 e. The third-order valence-electron chi connectivity index (χ3n) is 1.41. The molecule has 0 aromatic heterocycles. The van der Waals surface area contributed by atoms with Crippen molar-refractivity contribution >= 4 is 16.6 Å². The summed E-state index contributed by atoms with van der Waals surface area (Å²) in [6.45, 7) is 8.97. The first kappa shape index (κ1) is 7.24. The Labute approximate surface area is 59.0 Å². The predicted octanol–water partition coefficient (Wildman–Crippen LogP) is 2.06. The van der Waals surface area contributed by atoms with Crippen LogP contribution in [0.25, 0.3) is 0 Å². The molecule has 0 saturated carbocycles. The standard InChI is InChI=1S/C6H14OSi2/c1-8(2)5-6-9(3,4)7-8/h5-6H,1-4H3. The highest BCUT2D eigenvalue weighted by Crippen LogP contribution is 2.23. The van der Waals surface area contributed by atoms with Gasteiger partial charge in [0.1, 0.15) is 0 Å². The van der Waals surface area contributed by atoms with Crippen molar-refractivity contribution in [2.24, 2.45) is 0 Å². The lowest BCUT2D eigenvalue weighted by Crippen LogP contribution is -2.35. The van der Waals surface area contributed by atoms with Crippen LogP contribution in [0.2, 0.25) is 26.2 Å². The molecule has 0 unspecified atom stereocenters. The molecular formula is C6H14OSi2. The zero-order valence-corrected chi connectivity index (χ0v) is 8.56. The summed E-state index contributed by atoms with van der Waals surface area (Å²) in [5.41, 5.74) is 4.61. The monoisotopic (exact) mass is 158 g/mol. The van der Waals surface area contributed by atoms with E-state index in [0.717, 1.165) is 0 Å². The lowest BCUT2D eigenvalue weighted by Gasteiger charge is -2.21. The molecule has 1 nitrogen and oxygen atoms in total. The summed E-state index contributed by atoms with van der Waals surface area (Å²) < 4.78 is 5.90. The van der Waals surface area contributed by atoms with Crippen molar-refractivity contribution in [3.05, 3.63) is 11.4 Å². The minimum Gasteiger partial charge on any atom is -0.449 e. The lowest BCUT2D eigenvalue weighted by molar-refractivity contribution is 0.580. The summed E-state index contributed by atoms with van der Waals surface area (Å²) in [7, 11) is -2.59. The Hall–Kier alpha value is 0.134. The summed E-state index contributed by atoms with van der Waals surface area (Å²) in [6.07, 6.45) is 0. The first-order chi connectivity index (χ1) is 3.91. The van der Waals surface area contributed by atoms with E-state index in [1.54, 1.807) is 0 Å². The second-order valence-electron chi connectivity index (χ2n) is 3.64. The molecule has 52 valence electrons. The molecule has 0 saturated heterocycles. The van der Waals surface area contributed by atoms with Crippen LogP contribution in [0.4, 0.5) is 0 Å². The maximum absolute atomic E-state index is 5.90. The van der Waals surface area contributed by atoms with Crippen LogP contribution in [0, 0.1) is 0 Å². The third-order valence-corrected chi connectivity index (χ3v) is 7.89. The van der Waals surface area contributed by atoms with E-state index in [-0.39, 0.29) is 0 Å². The molecule has 0 bridgehead atoms. The van der Waals surface area contributed by atoms with Crippen molar-refractivity contribution in [1.29, 1.82) is 0 Å². The van der Waals surface area contributed by atoms with E-state index < -0.39 is 16.6 Å². The fourth-order valence-electron chi connectivity index (χ4n) is 1.15. The fraction of sp³-hybridized carbons (Fsp3) is 0.667. The van der Waals surface area contributed by atoms with Gasteiger partial charge in [-0.1, -0.05) is 11.4 Å². The minimum atomic E-state index is -1.29. The van der Waals surface area contributed by atoms with E-state index in [1.807, 2.05) is 0 Å². The van der Waals surface area contributed by atoms with Gasteiger partial charge in [-0.05, 0) is 26.2 Å². The summed E-state index contributed by atoms with van der Waals surface area (Å²) >= 11 is 0. The molecule has 0 radical (unpaired) electrons. The van der Waals surface area contributed by atoms with Gasteiger partial charge in [0.05, 0.1) is 0 Å². The van der Waals surface area contributed by atoms with Gasteiger partial charge in [0.15, 0.2) is 16.6 Å². The lowest BCUT2D eigenvalue weighted by atomic mass is 11.2. The molecule has 9 heavy (non-hydrogen) atoms. The van der Waals surface area contributed by atoms with Gasteiger partial charge in [-0.15, -0.1) is 0 Å². The Morgan fingerprint density at radius 3 is 1.33 bits per heavy atom. The summed E-state index contributed by atoms with van der Waals surface area (Å²) in [5.74, 6) is 0. The Morgan fingerprint density at radius 1 is 0.889 bits per heavy atom. The maximum atomic E-state index is 5.90. The topological polar surface area (TPSA) is 9.23 Å². The highest BCUT2D eigenvalue weighted by atomic mass is 28.4. The smallest absolute Gasteiger partial charge is 0.198 e. The van der Waals surface area contributed by atoms with E-state index in [0.29, 0.717) is 0 Å². The SMILES string of the molecule is C[Si]1(C)C=C[Si](C)(C)O1. The van der Waals surface area contributed by atoms with Crippen LogP contribution in [-0.2, 0) is 4.12 Å². The molecule has 0 aromatic carbocycles. The molecule has 0 amide bonds. The van der Waals surface area contributed by atoms with Gasteiger partial charge in [-0.25, -0.2) is 0 Å². The molecule has 0 aliphatic carbocycles. The molecule has 0 spiro atoms. The normalized spacial score (nSPS) is 28.9. The van der Waals surface area contributed by atoms with Crippen molar-refractivity contribution in [1.82, 2.24) is 0 Å². The Bertz CT molecular complexity index is 133. The molecule has 1 heterocycles. The number of hydrogen-bond acceptors (Lipinski definition) is 1. The second kappa shape index (κ2) is 1.81. The molecule has 1 rings (SSSR count). The van der Waals surface area contributed by atoms with Crippen molar-refractivity contribution in [2.75, 3.05) is 0 Å². The van der Waals surface area contributed by atoms with Crippen LogP contribution in [0.3, 0.4) is 0 Å². The van der Waals surface area contributed by atoms with Crippen LogP contribution < -0.4 is 0 Å². The number of hydrogen-bond donors (Lipinski definition) is 0. The van der Waals surface area contributed by atoms with E-state index in [4.69, 9.17) is 4.12 Å². The first-order valence-electron chi connectivity index (χ1n) is 3.32. The largest absolute Gasteiger partial charge is 0.449 e. The highest BCUT2D eigenvalue weighted by molar-refractivity contribution is 6.94. The fourth-order valence-corrected chi connectivity index (χ4v) is 10.3. The summed E-state index contributed by atoms with van der Waals surface area (Å²) in [6, 6.07) is 0. The average molecular weight is 158 g/mol. The Kier molecular flexibility index (Phi) is 1.45. The zero-order valence-electron chi connectivity index (χ0n) is 6.56. The zero-order chi connectivity index (χ0) is 7.12. The van der Waals surface area contributed by atoms with E-state index >= 15 is 0 Å². The Morgan fingerprint density at radius 2 is 1.22 bits per heavy atom. The molecule has 3 heteroatoms. The van der Waals surface area contributed by atoms with E-state index in [9.17, 15) is 0 Å². The van der Waals surface area contributed by atoms with Crippen molar-refractivity contribution in [2.45, 2.75) is 26.2 Å². The molecule has 0 N–H and O–H groups in total. The van der Waals surface area contributed by atoms with Gasteiger partial charge in [0.2, 0.25) is 0 Å². The molecule has 1 aliphatic heterocycles. The Balaban J connectivity index is 2.71. The van der Waals surface area contributed by atoms with Crippen LogP contribution in [0.1, 0.15) is 0 Å². The van der Waals surface area contributed by atoms with Crippen LogP contribution in [0.5, 0.6) is 0 Å². The van der Waals surface area contributed by atoms with Gasteiger partial charge in [0, 0.05) is 0 Å². The van der Waals surface area contributed by atoms with Crippen molar-refractivity contribution in [3.8, 4) is 0 Å². The van der Waals surface area contributed by atoms with Gasteiger partial charge >= 0.3 is 0 Å². The summed E-state index contributed by atoms with van der Waals surface area (Å²) in [4.78, 5) is 0. The van der Waals surface area contributed by atoms with Gasteiger partial charge in [0.25, 0.3) is 0 Å². The average Bonchev–Trinajstić information content (AvgIpc) is 1.78. The summed E-state index contributed by atoms with van der Waals surface area (Å²) in [5, 5.41) is 0. The molecule has 1 aliphatic rings. The molecule has 0 fully saturated rings. The van der Waals surface area contributed by atoms with Crippen molar-refractivity contribution < 1.29 is 4.12 Å². The number of rotatable bonds is 0. The predicted molar refractivity (Wildman–Crippen MR) is 45.2 cm³/mol. The van der Waals surface area contributed by atoms with Gasteiger partial charge < -0.3 is 4.12 Å². The highest BCUT2D eigenvalue weighted by Gasteiger charge is 2.34. The molecular weight excluding hydrogens is 144 g/mol.